The lowest BCUT2D eigenvalue weighted by Gasteiger charge is -2.22. The first kappa shape index (κ1) is 25.9. The summed E-state index contributed by atoms with van der Waals surface area (Å²) in [6.07, 6.45) is 9.59. The molecule has 0 aromatic carbocycles. The SMILES string of the molecule is CCCCCCCCC(C(=O)OOC(=O)CCCCCCC)C(O)C(C)O. The van der Waals surface area contributed by atoms with Crippen LogP contribution in [0.4, 0.5) is 0 Å². The minimum absolute atomic E-state index is 0.206. The van der Waals surface area contributed by atoms with Crippen molar-refractivity contribution in [2.45, 2.75) is 116 Å². The summed E-state index contributed by atoms with van der Waals surface area (Å²) in [5, 5.41) is 19.7. The van der Waals surface area contributed by atoms with E-state index in [9.17, 15) is 19.8 Å². The molecule has 0 aliphatic rings. The number of aliphatic hydroxyl groups is 2. The standard InChI is InChI=1S/C21H40O6/c1-4-6-8-10-12-13-15-18(20(24)17(3)22)21(25)27-26-19(23)16-14-11-9-7-5-2/h17-18,20,22,24H,4-16H2,1-3H3. The Morgan fingerprint density at radius 1 is 0.778 bits per heavy atom. The molecule has 0 aromatic heterocycles. The molecular weight excluding hydrogens is 348 g/mol. The summed E-state index contributed by atoms with van der Waals surface area (Å²) in [7, 11) is 0. The average molecular weight is 389 g/mol. The summed E-state index contributed by atoms with van der Waals surface area (Å²) in [5.74, 6) is -2.27. The van der Waals surface area contributed by atoms with Gasteiger partial charge in [0.05, 0.1) is 24.5 Å². The van der Waals surface area contributed by atoms with Crippen LogP contribution in [0.3, 0.4) is 0 Å². The molecule has 160 valence electrons. The highest BCUT2D eigenvalue weighted by Crippen LogP contribution is 2.20. The second-order valence-corrected chi connectivity index (χ2v) is 7.42. The highest BCUT2D eigenvalue weighted by atomic mass is 17.2. The molecule has 0 aliphatic heterocycles. The minimum atomic E-state index is -1.24. The first-order valence-corrected chi connectivity index (χ1v) is 10.7. The van der Waals surface area contributed by atoms with Crippen molar-refractivity contribution in [3.05, 3.63) is 0 Å². The molecule has 0 radical (unpaired) electrons. The molecule has 0 fully saturated rings. The monoisotopic (exact) mass is 388 g/mol. The Morgan fingerprint density at radius 3 is 1.85 bits per heavy atom. The van der Waals surface area contributed by atoms with Crippen molar-refractivity contribution in [1.29, 1.82) is 0 Å². The van der Waals surface area contributed by atoms with Gasteiger partial charge in [0.1, 0.15) is 0 Å². The van der Waals surface area contributed by atoms with E-state index in [2.05, 4.69) is 23.6 Å². The van der Waals surface area contributed by atoms with Crippen molar-refractivity contribution in [3.63, 3.8) is 0 Å². The van der Waals surface area contributed by atoms with Gasteiger partial charge in [-0.1, -0.05) is 78.1 Å². The first-order valence-electron chi connectivity index (χ1n) is 10.7. The summed E-state index contributed by atoms with van der Waals surface area (Å²) in [6, 6.07) is 0. The average Bonchev–Trinajstić information content (AvgIpc) is 2.64. The highest BCUT2D eigenvalue weighted by Gasteiger charge is 2.32. The molecule has 0 rings (SSSR count). The fraction of sp³-hybridized carbons (Fsp3) is 0.905. The molecular formula is C21H40O6. The molecule has 0 aliphatic carbocycles. The first-order chi connectivity index (χ1) is 12.9. The Hall–Kier alpha value is -1.14. The Balaban J connectivity index is 4.24. The van der Waals surface area contributed by atoms with Gasteiger partial charge >= 0.3 is 11.9 Å². The highest BCUT2D eigenvalue weighted by molar-refractivity contribution is 5.75. The van der Waals surface area contributed by atoms with Crippen molar-refractivity contribution in [2.75, 3.05) is 0 Å². The van der Waals surface area contributed by atoms with Crippen LogP contribution < -0.4 is 0 Å². The third-order valence-corrected chi connectivity index (χ3v) is 4.78. The van der Waals surface area contributed by atoms with Gasteiger partial charge in [0.15, 0.2) is 0 Å². The number of carbonyl (C=O) groups is 2. The lowest BCUT2D eigenvalue weighted by Crippen LogP contribution is -2.37. The molecule has 0 heterocycles. The lowest BCUT2D eigenvalue weighted by molar-refractivity contribution is -0.265. The van der Waals surface area contributed by atoms with Crippen molar-refractivity contribution in [2.24, 2.45) is 5.92 Å². The second kappa shape index (κ2) is 17.0. The summed E-state index contributed by atoms with van der Waals surface area (Å²) < 4.78 is 0. The van der Waals surface area contributed by atoms with Crippen LogP contribution in [0, 0.1) is 5.92 Å². The molecule has 0 bridgehead atoms. The Labute approximate surface area is 164 Å². The number of aliphatic hydroxyl groups excluding tert-OH is 2. The molecule has 2 N–H and O–H groups in total. The van der Waals surface area contributed by atoms with E-state index in [1.165, 1.54) is 19.8 Å². The number of rotatable bonds is 16. The van der Waals surface area contributed by atoms with Crippen LogP contribution in [-0.2, 0) is 19.4 Å². The van der Waals surface area contributed by atoms with Crippen molar-refractivity contribution in [3.8, 4) is 0 Å². The van der Waals surface area contributed by atoms with Gasteiger partial charge in [0.2, 0.25) is 0 Å². The topological polar surface area (TPSA) is 93.1 Å². The van der Waals surface area contributed by atoms with E-state index in [0.717, 1.165) is 51.4 Å². The van der Waals surface area contributed by atoms with Gasteiger partial charge in [-0.05, 0) is 19.8 Å². The fourth-order valence-corrected chi connectivity index (χ4v) is 2.97. The Morgan fingerprint density at radius 2 is 1.30 bits per heavy atom. The minimum Gasteiger partial charge on any atom is -0.391 e. The normalized spacial score (nSPS) is 14.4. The molecule has 3 atom stereocenters. The molecule has 27 heavy (non-hydrogen) atoms. The third kappa shape index (κ3) is 13.6. The zero-order valence-corrected chi connectivity index (χ0v) is 17.5. The van der Waals surface area contributed by atoms with E-state index in [0.29, 0.717) is 12.8 Å². The fourth-order valence-electron chi connectivity index (χ4n) is 2.97. The van der Waals surface area contributed by atoms with E-state index in [1.54, 1.807) is 0 Å². The summed E-state index contributed by atoms with van der Waals surface area (Å²) in [6.45, 7) is 5.70. The predicted octanol–water partition coefficient (Wildman–Crippen LogP) is 4.46. The van der Waals surface area contributed by atoms with Crippen LogP contribution >= 0.6 is 0 Å². The second-order valence-electron chi connectivity index (χ2n) is 7.42. The zero-order valence-electron chi connectivity index (χ0n) is 17.5. The van der Waals surface area contributed by atoms with Crippen LogP contribution in [0.25, 0.3) is 0 Å². The van der Waals surface area contributed by atoms with Gasteiger partial charge < -0.3 is 10.2 Å². The summed E-state index contributed by atoms with van der Waals surface area (Å²) >= 11 is 0. The molecule has 6 nitrogen and oxygen atoms in total. The summed E-state index contributed by atoms with van der Waals surface area (Å²) in [4.78, 5) is 33.1. The van der Waals surface area contributed by atoms with E-state index in [4.69, 9.17) is 0 Å². The number of unbranched alkanes of at least 4 members (excludes halogenated alkanes) is 9. The number of carbonyl (C=O) groups excluding carboxylic acids is 2. The number of hydrogen-bond donors (Lipinski definition) is 2. The maximum atomic E-state index is 12.2. The molecule has 0 aromatic rings. The molecule has 0 spiro atoms. The van der Waals surface area contributed by atoms with Crippen molar-refractivity contribution >= 4 is 11.9 Å². The predicted molar refractivity (Wildman–Crippen MR) is 105 cm³/mol. The largest absolute Gasteiger partial charge is 0.391 e. The van der Waals surface area contributed by atoms with Crippen LogP contribution in [-0.4, -0.2) is 34.4 Å². The maximum absolute atomic E-state index is 12.2. The van der Waals surface area contributed by atoms with Crippen LogP contribution in [0.5, 0.6) is 0 Å². The quantitative estimate of drug-likeness (QED) is 0.230. The van der Waals surface area contributed by atoms with Crippen molar-refractivity contribution in [1.82, 2.24) is 0 Å². The zero-order chi connectivity index (χ0) is 20.5. The van der Waals surface area contributed by atoms with Gasteiger partial charge in [-0.3, -0.25) is 0 Å². The molecule has 3 unspecified atom stereocenters. The van der Waals surface area contributed by atoms with Gasteiger partial charge in [-0.15, -0.1) is 0 Å². The summed E-state index contributed by atoms with van der Waals surface area (Å²) in [5.41, 5.74) is 0. The molecule has 0 amide bonds. The molecule has 6 heteroatoms. The van der Waals surface area contributed by atoms with E-state index in [-0.39, 0.29) is 6.42 Å². The van der Waals surface area contributed by atoms with Gasteiger partial charge in [-0.25, -0.2) is 19.4 Å². The maximum Gasteiger partial charge on any atom is 0.361 e. The van der Waals surface area contributed by atoms with Crippen molar-refractivity contribution < 1.29 is 29.6 Å². The van der Waals surface area contributed by atoms with Crippen LogP contribution in [0.15, 0.2) is 0 Å². The Kier molecular flexibility index (Phi) is 16.3. The van der Waals surface area contributed by atoms with Crippen LogP contribution in [0.2, 0.25) is 0 Å². The van der Waals surface area contributed by atoms with Crippen LogP contribution in [0.1, 0.15) is 104 Å². The van der Waals surface area contributed by atoms with Gasteiger partial charge in [0.25, 0.3) is 0 Å². The van der Waals surface area contributed by atoms with Gasteiger partial charge in [0, 0.05) is 0 Å². The molecule has 0 saturated carbocycles. The van der Waals surface area contributed by atoms with E-state index < -0.39 is 30.1 Å². The third-order valence-electron chi connectivity index (χ3n) is 4.78. The Bertz CT molecular complexity index is 383. The molecule has 0 saturated heterocycles. The smallest absolute Gasteiger partial charge is 0.361 e. The van der Waals surface area contributed by atoms with E-state index >= 15 is 0 Å². The van der Waals surface area contributed by atoms with Gasteiger partial charge in [-0.2, -0.15) is 0 Å². The number of hydrogen-bond acceptors (Lipinski definition) is 6. The lowest BCUT2D eigenvalue weighted by atomic mass is 9.92. The van der Waals surface area contributed by atoms with E-state index in [1.807, 2.05) is 0 Å².